The maximum atomic E-state index is 12.5. The van der Waals surface area contributed by atoms with Gasteiger partial charge in [0, 0.05) is 16.6 Å². The summed E-state index contributed by atoms with van der Waals surface area (Å²) in [7, 11) is 0. The van der Waals surface area contributed by atoms with Gasteiger partial charge in [-0.25, -0.2) is 0 Å². The molecule has 0 spiro atoms. The first-order valence-electron chi connectivity index (χ1n) is 7.09. The molecule has 20 heavy (non-hydrogen) atoms. The maximum absolute atomic E-state index is 12.5. The molecule has 1 nitrogen and oxygen atoms in total. The zero-order valence-corrected chi connectivity index (χ0v) is 12.4. The zero-order valence-electron chi connectivity index (χ0n) is 11.5. The summed E-state index contributed by atoms with van der Waals surface area (Å²) in [6.07, 6.45) is 5.63. The lowest BCUT2D eigenvalue weighted by Gasteiger charge is -2.29. The van der Waals surface area contributed by atoms with Gasteiger partial charge >= 0.3 is 5.51 Å². The van der Waals surface area contributed by atoms with Gasteiger partial charge in [-0.3, -0.25) is 0 Å². The molecule has 1 aromatic rings. The van der Waals surface area contributed by atoms with E-state index < -0.39 is 5.51 Å². The Morgan fingerprint density at radius 1 is 1.15 bits per heavy atom. The SMILES string of the molecule is CCC1CCC(Nc2ccccc2SC(F)(F)F)CC1. The number of para-hydroxylation sites is 1. The zero-order chi connectivity index (χ0) is 14.6. The van der Waals surface area contributed by atoms with Gasteiger partial charge in [0.05, 0.1) is 0 Å². The van der Waals surface area contributed by atoms with Crippen LogP contribution in [0.25, 0.3) is 0 Å². The molecule has 0 saturated heterocycles. The summed E-state index contributed by atoms with van der Waals surface area (Å²) in [5, 5.41) is 3.30. The summed E-state index contributed by atoms with van der Waals surface area (Å²) < 4.78 is 37.6. The van der Waals surface area contributed by atoms with Crippen LogP contribution in [0.15, 0.2) is 29.2 Å². The molecular weight excluding hydrogens is 283 g/mol. The summed E-state index contributed by atoms with van der Waals surface area (Å²) in [4.78, 5) is 0.262. The van der Waals surface area contributed by atoms with Gasteiger partial charge in [-0.2, -0.15) is 13.2 Å². The van der Waals surface area contributed by atoms with Crippen molar-refractivity contribution in [2.75, 3.05) is 5.32 Å². The molecule has 1 fully saturated rings. The molecule has 1 aromatic carbocycles. The fourth-order valence-corrected chi connectivity index (χ4v) is 3.37. The predicted molar refractivity (Wildman–Crippen MR) is 78.0 cm³/mol. The van der Waals surface area contributed by atoms with E-state index in [4.69, 9.17) is 0 Å². The number of benzene rings is 1. The van der Waals surface area contributed by atoms with Gasteiger partial charge in [-0.1, -0.05) is 25.5 Å². The molecule has 0 heterocycles. The number of hydrogen-bond donors (Lipinski definition) is 1. The first kappa shape index (κ1) is 15.5. The fraction of sp³-hybridized carbons (Fsp3) is 0.600. The molecule has 0 radical (unpaired) electrons. The third kappa shape index (κ3) is 4.62. The monoisotopic (exact) mass is 303 g/mol. The van der Waals surface area contributed by atoms with E-state index in [1.54, 1.807) is 18.2 Å². The summed E-state index contributed by atoms with van der Waals surface area (Å²) >= 11 is -0.0415. The van der Waals surface area contributed by atoms with Crippen LogP contribution in [0.4, 0.5) is 18.9 Å². The summed E-state index contributed by atoms with van der Waals surface area (Å²) in [6.45, 7) is 2.20. The van der Waals surface area contributed by atoms with Gasteiger partial charge in [0.2, 0.25) is 0 Å². The molecule has 0 amide bonds. The average molecular weight is 303 g/mol. The van der Waals surface area contributed by atoms with Crippen LogP contribution in [0, 0.1) is 5.92 Å². The smallest absolute Gasteiger partial charge is 0.381 e. The number of thioether (sulfide) groups is 1. The van der Waals surface area contributed by atoms with E-state index in [-0.39, 0.29) is 16.7 Å². The summed E-state index contributed by atoms with van der Waals surface area (Å²) in [5.74, 6) is 0.785. The van der Waals surface area contributed by atoms with Crippen LogP contribution in [0.3, 0.4) is 0 Å². The maximum Gasteiger partial charge on any atom is 0.446 e. The van der Waals surface area contributed by atoms with Crippen molar-refractivity contribution >= 4 is 17.4 Å². The van der Waals surface area contributed by atoms with E-state index in [1.165, 1.54) is 25.3 Å². The number of halogens is 3. The Morgan fingerprint density at radius 3 is 2.40 bits per heavy atom. The Labute approximate surface area is 122 Å². The van der Waals surface area contributed by atoms with E-state index in [0.29, 0.717) is 11.7 Å². The van der Waals surface area contributed by atoms with Crippen molar-refractivity contribution in [2.45, 2.75) is 55.5 Å². The second-order valence-corrected chi connectivity index (χ2v) is 6.42. The van der Waals surface area contributed by atoms with Gasteiger partial charge in [0.1, 0.15) is 0 Å². The van der Waals surface area contributed by atoms with Crippen molar-refractivity contribution in [1.82, 2.24) is 0 Å². The number of hydrogen-bond acceptors (Lipinski definition) is 2. The van der Waals surface area contributed by atoms with E-state index >= 15 is 0 Å². The lowest BCUT2D eigenvalue weighted by Crippen LogP contribution is -2.26. The number of alkyl halides is 3. The summed E-state index contributed by atoms with van der Waals surface area (Å²) in [5.41, 5.74) is -3.63. The fourth-order valence-electron chi connectivity index (χ4n) is 2.73. The molecule has 0 atom stereocenters. The minimum absolute atomic E-state index is 0.0415. The predicted octanol–water partition coefficient (Wildman–Crippen LogP) is 5.68. The van der Waals surface area contributed by atoms with Crippen LogP contribution >= 0.6 is 11.8 Å². The molecule has 0 aromatic heterocycles. The standard InChI is InChI=1S/C15H20F3NS/c1-2-11-7-9-12(10-8-11)19-13-5-3-4-6-14(13)20-15(16,17)18/h3-6,11-12,19H,2,7-10H2,1H3. The number of anilines is 1. The van der Waals surface area contributed by atoms with Crippen molar-refractivity contribution < 1.29 is 13.2 Å². The number of rotatable bonds is 4. The van der Waals surface area contributed by atoms with Crippen molar-refractivity contribution in [1.29, 1.82) is 0 Å². The molecule has 0 bridgehead atoms. The minimum atomic E-state index is -4.24. The van der Waals surface area contributed by atoms with Crippen molar-refractivity contribution in [3.8, 4) is 0 Å². The van der Waals surface area contributed by atoms with Gasteiger partial charge in [0.15, 0.2) is 0 Å². The Hall–Kier alpha value is -0.840. The van der Waals surface area contributed by atoms with Crippen LogP contribution in [-0.4, -0.2) is 11.6 Å². The third-order valence-corrected chi connectivity index (χ3v) is 4.70. The highest BCUT2D eigenvalue weighted by molar-refractivity contribution is 8.00. The van der Waals surface area contributed by atoms with Crippen LogP contribution in [0.5, 0.6) is 0 Å². The second-order valence-electron chi connectivity index (χ2n) is 5.31. The number of nitrogens with one attached hydrogen (secondary N) is 1. The van der Waals surface area contributed by atoms with Gasteiger partial charge in [-0.15, -0.1) is 0 Å². The van der Waals surface area contributed by atoms with Gasteiger partial charge < -0.3 is 5.32 Å². The molecule has 5 heteroatoms. The van der Waals surface area contributed by atoms with Gasteiger partial charge in [-0.05, 0) is 55.5 Å². The first-order chi connectivity index (χ1) is 9.48. The molecule has 0 unspecified atom stereocenters. The van der Waals surface area contributed by atoms with Gasteiger partial charge in [0.25, 0.3) is 0 Å². The topological polar surface area (TPSA) is 12.0 Å². The largest absolute Gasteiger partial charge is 0.446 e. The Kier molecular flexibility index (Phi) is 5.24. The third-order valence-electron chi connectivity index (χ3n) is 3.90. The van der Waals surface area contributed by atoms with Crippen LogP contribution in [0.2, 0.25) is 0 Å². The van der Waals surface area contributed by atoms with Crippen molar-refractivity contribution in [3.63, 3.8) is 0 Å². The minimum Gasteiger partial charge on any atom is -0.381 e. The van der Waals surface area contributed by atoms with Crippen LogP contribution in [-0.2, 0) is 0 Å². The molecule has 0 aliphatic heterocycles. The van der Waals surface area contributed by atoms with Crippen molar-refractivity contribution in [3.05, 3.63) is 24.3 Å². The van der Waals surface area contributed by atoms with Crippen molar-refractivity contribution in [2.24, 2.45) is 5.92 Å². The molecule has 1 saturated carbocycles. The molecule has 1 N–H and O–H groups in total. The van der Waals surface area contributed by atoms with E-state index in [2.05, 4.69) is 12.2 Å². The van der Waals surface area contributed by atoms with E-state index in [9.17, 15) is 13.2 Å². The molecule has 112 valence electrons. The lowest BCUT2D eigenvalue weighted by molar-refractivity contribution is -0.0327. The molecule has 1 aliphatic rings. The van der Waals surface area contributed by atoms with Crippen LogP contribution < -0.4 is 5.32 Å². The second kappa shape index (κ2) is 6.74. The Morgan fingerprint density at radius 2 is 1.80 bits per heavy atom. The first-order valence-corrected chi connectivity index (χ1v) is 7.91. The lowest BCUT2D eigenvalue weighted by atomic mass is 9.84. The molecule has 2 rings (SSSR count). The quantitative estimate of drug-likeness (QED) is 0.718. The average Bonchev–Trinajstić information content (AvgIpc) is 2.40. The molecular formula is C15H20F3NS. The molecule has 1 aliphatic carbocycles. The highest BCUT2D eigenvalue weighted by Crippen LogP contribution is 2.41. The van der Waals surface area contributed by atoms with E-state index in [1.807, 2.05) is 0 Å². The van der Waals surface area contributed by atoms with Crippen LogP contribution in [0.1, 0.15) is 39.0 Å². The normalized spacial score (nSPS) is 23.6. The highest BCUT2D eigenvalue weighted by atomic mass is 32.2. The Bertz CT molecular complexity index is 425. The Balaban J connectivity index is 1.99. The van der Waals surface area contributed by atoms with E-state index in [0.717, 1.165) is 18.8 Å². The highest BCUT2D eigenvalue weighted by Gasteiger charge is 2.30. The summed E-state index contributed by atoms with van der Waals surface area (Å²) in [6, 6.07) is 6.99.